The lowest BCUT2D eigenvalue weighted by Gasteiger charge is -2.32. The van der Waals surface area contributed by atoms with E-state index in [9.17, 15) is 4.79 Å². The number of carbonyl (C=O) groups excluding carboxylic acids is 1. The van der Waals surface area contributed by atoms with Crippen LogP contribution in [0.1, 0.15) is 40.6 Å². The van der Waals surface area contributed by atoms with Crippen molar-refractivity contribution in [1.29, 1.82) is 0 Å². The Morgan fingerprint density at radius 1 is 1.31 bits per heavy atom. The highest BCUT2D eigenvalue weighted by Crippen LogP contribution is 2.27. The predicted molar refractivity (Wildman–Crippen MR) is 100.0 cm³/mol. The van der Waals surface area contributed by atoms with Gasteiger partial charge in [-0.2, -0.15) is 0 Å². The Morgan fingerprint density at radius 3 is 3.00 bits per heavy atom. The molecule has 0 saturated carbocycles. The van der Waals surface area contributed by atoms with Gasteiger partial charge in [-0.25, -0.2) is 15.0 Å². The number of imidazole rings is 1. The molecule has 1 amide bonds. The molecule has 2 N–H and O–H groups in total. The number of amides is 1. The number of aromatic nitrogens is 4. The SMILES string of the molecule is Nc1ccc(C(=O)N2CCCC(c3nccn3Cc3cscn3)C2)cn1. The quantitative estimate of drug-likeness (QED) is 0.764. The van der Waals surface area contributed by atoms with Crippen molar-refractivity contribution < 1.29 is 4.79 Å². The monoisotopic (exact) mass is 368 g/mol. The van der Waals surface area contributed by atoms with Gasteiger partial charge in [0.1, 0.15) is 11.6 Å². The van der Waals surface area contributed by atoms with Gasteiger partial charge in [-0.15, -0.1) is 11.3 Å². The van der Waals surface area contributed by atoms with E-state index in [1.165, 1.54) is 0 Å². The van der Waals surface area contributed by atoms with E-state index >= 15 is 0 Å². The summed E-state index contributed by atoms with van der Waals surface area (Å²) in [5.41, 5.74) is 9.06. The van der Waals surface area contributed by atoms with Gasteiger partial charge in [0.05, 0.1) is 23.3 Å². The van der Waals surface area contributed by atoms with Crippen molar-refractivity contribution >= 4 is 23.1 Å². The van der Waals surface area contributed by atoms with Crippen molar-refractivity contribution in [2.75, 3.05) is 18.8 Å². The molecule has 0 spiro atoms. The number of anilines is 1. The molecule has 1 saturated heterocycles. The molecule has 0 aliphatic carbocycles. The molecule has 1 fully saturated rings. The van der Waals surface area contributed by atoms with Crippen LogP contribution in [0.4, 0.5) is 5.82 Å². The molecule has 3 aromatic rings. The molecule has 8 heteroatoms. The summed E-state index contributed by atoms with van der Waals surface area (Å²) in [6.45, 7) is 2.13. The number of pyridine rings is 1. The van der Waals surface area contributed by atoms with Gasteiger partial charge in [0.15, 0.2) is 0 Å². The van der Waals surface area contributed by atoms with E-state index < -0.39 is 0 Å². The molecular formula is C18H20N6OS. The van der Waals surface area contributed by atoms with Crippen molar-refractivity contribution in [3.63, 3.8) is 0 Å². The molecule has 26 heavy (non-hydrogen) atoms. The molecule has 0 aromatic carbocycles. The predicted octanol–water partition coefficient (Wildman–Crippen LogP) is 2.38. The number of carbonyl (C=O) groups is 1. The topological polar surface area (TPSA) is 89.9 Å². The van der Waals surface area contributed by atoms with Gasteiger partial charge in [0, 0.05) is 43.0 Å². The van der Waals surface area contributed by atoms with Crippen LogP contribution in [0.3, 0.4) is 0 Å². The number of rotatable bonds is 4. The molecular weight excluding hydrogens is 348 g/mol. The van der Waals surface area contributed by atoms with Crippen LogP contribution in [0.2, 0.25) is 0 Å². The standard InChI is InChI=1S/C18H20N6OS/c19-16-4-3-13(8-21-16)18(25)24-6-1-2-14(9-24)17-20-5-7-23(17)10-15-11-26-12-22-15/h3-5,7-8,11-12,14H,1-2,6,9-10H2,(H2,19,21). The number of hydrogen-bond acceptors (Lipinski definition) is 6. The molecule has 4 heterocycles. The molecule has 1 unspecified atom stereocenters. The van der Waals surface area contributed by atoms with E-state index in [0.29, 0.717) is 24.5 Å². The number of nitrogens with zero attached hydrogens (tertiary/aromatic N) is 5. The minimum Gasteiger partial charge on any atom is -0.384 e. The Balaban J connectivity index is 1.50. The van der Waals surface area contributed by atoms with Gasteiger partial charge in [0.2, 0.25) is 0 Å². The third kappa shape index (κ3) is 3.45. The Bertz CT molecular complexity index is 873. The van der Waals surface area contributed by atoms with Crippen LogP contribution in [-0.4, -0.2) is 43.4 Å². The molecule has 1 aliphatic heterocycles. The minimum absolute atomic E-state index is 0.000178. The highest BCUT2D eigenvalue weighted by molar-refractivity contribution is 7.07. The first-order valence-corrected chi connectivity index (χ1v) is 9.54. The molecule has 1 atom stereocenters. The maximum Gasteiger partial charge on any atom is 0.255 e. The van der Waals surface area contributed by atoms with Crippen LogP contribution < -0.4 is 5.73 Å². The minimum atomic E-state index is -0.000178. The van der Waals surface area contributed by atoms with E-state index in [-0.39, 0.29) is 11.8 Å². The van der Waals surface area contributed by atoms with Crippen LogP contribution in [-0.2, 0) is 6.54 Å². The summed E-state index contributed by atoms with van der Waals surface area (Å²) >= 11 is 1.59. The Morgan fingerprint density at radius 2 is 2.23 bits per heavy atom. The van der Waals surface area contributed by atoms with Crippen molar-refractivity contribution in [2.24, 2.45) is 0 Å². The zero-order valence-electron chi connectivity index (χ0n) is 14.3. The number of hydrogen-bond donors (Lipinski definition) is 1. The van der Waals surface area contributed by atoms with Crippen LogP contribution in [0.5, 0.6) is 0 Å². The summed E-state index contributed by atoms with van der Waals surface area (Å²) < 4.78 is 2.14. The van der Waals surface area contributed by atoms with Crippen molar-refractivity contribution in [1.82, 2.24) is 24.4 Å². The summed E-state index contributed by atoms with van der Waals surface area (Å²) in [7, 11) is 0. The first-order chi connectivity index (χ1) is 12.7. The summed E-state index contributed by atoms with van der Waals surface area (Å²) in [4.78, 5) is 27.6. The fraction of sp³-hybridized carbons (Fsp3) is 0.333. The zero-order valence-corrected chi connectivity index (χ0v) is 15.1. The van der Waals surface area contributed by atoms with Gasteiger partial charge >= 0.3 is 0 Å². The highest BCUT2D eigenvalue weighted by Gasteiger charge is 2.28. The van der Waals surface area contributed by atoms with Gasteiger partial charge in [-0.05, 0) is 25.0 Å². The van der Waals surface area contributed by atoms with Gasteiger partial charge in [0.25, 0.3) is 5.91 Å². The summed E-state index contributed by atoms with van der Waals surface area (Å²) in [5.74, 6) is 1.66. The Kier molecular flexibility index (Phi) is 4.66. The van der Waals surface area contributed by atoms with Crippen molar-refractivity contribution in [3.8, 4) is 0 Å². The zero-order chi connectivity index (χ0) is 17.9. The molecule has 4 rings (SSSR count). The summed E-state index contributed by atoms with van der Waals surface area (Å²) in [6, 6.07) is 3.40. The average Bonchev–Trinajstić information content (AvgIpc) is 3.34. The highest BCUT2D eigenvalue weighted by atomic mass is 32.1. The fourth-order valence-electron chi connectivity index (χ4n) is 3.39. The van der Waals surface area contributed by atoms with Gasteiger partial charge < -0.3 is 15.2 Å². The van der Waals surface area contributed by atoms with Crippen molar-refractivity contribution in [3.05, 3.63) is 58.7 Å². The Hall–Kier alpha value is -2.74. The average molecular weight is 368 g/mol. The van der Waals surface area contributed by atoms with Crippen LogP contribution in [0.25, 0.3) is 0 Å². The van der Waals surface area contributed by atoms with Crippen LogP contribution >= 0.6 is 11.3 Å². The van der Waals surface area contributed by atoms with E-state index in [2.05, 4.69) is 24.9 Å². The second kappa shape index (κ2) is 7.25. The maximum atomic E-state index is 12.8. The smallest absolute Gasteiger partial charge is 0.255 e. The van der Waals surface area contributed by atoms with Crippen LogP contribution in [0.15, 0.2) is 41.6 Å². The van der Waals surface area contributed by atoms with E-state index in [1.807, 2.05) is 22.8 Å². The maximum absolute atomic E-state index is 12.8. The lowest BCUT2D eigenvalue weighted by molar-refractivity contribution is 0.0703. The molecule has 1 aliphatic rings. The number of nitrogen functional groups attached to an aromatic ring is 1. The fourth-order valence-corrected chi connectivity index (χ4v) is 3.94. The first kappa shape index (κ1) is 16.7. The first-order valence-electron chi connectivity index (χ1n) is 8.59. The number of piperidine rings is 1. The normalized spacial score (nSPS) is 17.4. The van der Waals surface area contributed by atoms with Gasteiger partial charge in [-0.3, -0.25) is 4.79 Å². The largest absolute Gasteiger partial charge is 0.384 e. The van der Waals surface area contributed by atoms with E-state index in [0.717, 1.165) is 30.9 Å². The number of nitrogens with two attached hydrogens (primary N) is 1. The molecule has 3 aromatic heterocycles. The van der Waals surface area contributed by atoms with E-state index in [4.69, 9.17) is 5.73 Å². The third-order valence-electron chi connectivity index (χ3n) is 4.67. The Labute approximate surface area is 155 Å². The van der Waals surface area contributed by atoms with Gasteiger partial charge in [-0.1, -0.05) is 0 Å². The number of likely N-dealkylation sites (tertiary alicyclic amines) is 1. The number of thiazole rings is 1. The molecule has 134 valence electrons. The van der Waals surface area contributed by atoms with Crippen LogP contribution in [0, 0.1) is 0 Å². The molecule has 0 bridgehead atoms. The van der Waals surface area contributed by atoms with Crippen molar-refractivity contribution in [2.45, 2.75) is 25.3 Å². The summed E-state index contributed by atoms with van der Waals surface area (Å²) in [5, 5.41) is 2.05. The molecule has 0 radical (unpaired) electrons. The van der Waals surface area contributed by atoms with E-state index in [1.54, 1.807) is 29.7 Å². The second-order valence-corrected chi connectivity index (χ2v) is 7.17. The lowest BCUT2D eigenvalue weighted by atomic mass is 9.96. The third-order valence-corrected chi connectivity index (χ3v) is 5.31. The lowest BCUT2D eigenvalue weighted by Crippen LogP contribution is -2.39. The second-order valence-electron chi connectivity index (χ2n) is 6.46. The molecule has 7 nitrogen and oxygen atoms in total. The summed E-state index contributed by atoms with van der Waals surface area (Å²) in [6.07, 6.45) is 7.34.